The standard InChI is InChI=1S/C26H28N8O3/c1-13-7-21(32-31-13)20-6-3-15(10-28-20)19-11-29-34-25(27)23(14(2)36)24(30-26(19)34)16-8-17-4-5-18(9-16)33(17)22(37)12-35/h3,6-7,10-11,16-18,35H,4-5,8-9,12,27H2,1-2H3,(H,31,32)/t16-,17-,18+. The molecule has 37 heavy (non-hydrogen) atoms. The lowest BCUT2D eigenvalue weighted by atomic mass is 9.85. The summed E-state index contributed by atoms with van der Waals surface area (Å²) in [7, 11) is 0. The number of piperidine rings is 1. The number of H-pyrrole nitrogens is 1. The number of nitrogens with one attached hydrogen (secondary N) is 1. The first kappa shape index (κ1) is 23.3. The summed E-state index contributed by atoms with van der Waals surface area (Å²) in [6.45, 7) is 2.94. The van der Waals surface area contributed by atoms with Gasteiger partial charge in [-0.05, 0) is 51.7 Å². The Balaban J connectivity index is 1.41. The van der Waals surface area contributed by atoms with Gasteiger partial charge in [-0.2, -0.15) is 14.7 Å². The van der Waals surface area contributed by atoms with Crippen LogP contribution in [0.1, 0.15) is 60.3 Å². The third-order valence-electron chi connectivity index (χ3n) is 7.65. The zero-order valence-electron chi connectivity index (χ0n) is 20.7. The second-order valence-electron chi connectivity index (χ2n) is 9.99. The molecule has 2 saturated heterocycles. The van der Waals surface area contributed by atoms with E-state index in [0.29, 0.717) is 29.7 Å². The number of aromatic amines is 1. The molecule has 190 valence electrons. The third-order valence-corrected chi connectivity index (χ3v) is 7.65. The maximum absolute atomic E-state index is 12.7. The topological polar surface area (TPSA) is 155 Å². The van der Waals surface area contributed by atoms with Gasteiger partial charge in [-0.1, -0.05) is 6.07 Å². The molecule has 2 aliphatic heterocycles. The number of carbonyl (C=O) groups is 2. The lowest BCUT2D eigenvalue weighted by molar-refractivity contribution is -0.138. The second kappa shape index (κ2) is 8.77. The van der Waals surface area contributed by atoms with E-state index in [-0.39, 0.29) is 35.5 Å². The van der Waals surface area contributed by atoms with Crippen LogP contribution in [0.25, 0.3) is 28.2 Å². The molecule has 6 rings (SSSR count). The van der Waals surface area contributed by atoms with E-state index >= 15 is 0 Å². The molecule has 6 heterocycles. The van der Waals surface area contributed by atoms with Crippen LogP contribution in [0, 0.1) is 6.92 Å². The predicted octanol–water partition coefficient (Wildman–Crippen LogP) is 2.50. The van der Waals surface area contributed by atoms with Crippen molar-refractivity contribution in [3.63, 3.8) is 0 Å². The molecule has 0 radical (unpaired) electrons. The largest absolute Gasteiger partial charge is 0.387 e. The predicted molar refractivity (Wildman–Crippen MR) is 136 cm³/mol. The van der Waals surface area contributed by atoms with Gasteiger partial charge in [0.15, 0.2) is 11.4 Å². The fraction of sp³-hybridized carbons (Fsp3) is 0.385. The lowest BCUT2D eigenvalue weighted by Gasteiger charge is -2.39. The Kier molecular flexibility index (Phi) is 5.52. The van der Waals surface area contributed by atoms with Crippen LogP contribution in [0.2, 0.25) is 0 Å². The van der Waals surface area contributed by atoms with E-state index in [1.54, 1.807) is 12.4 Å². The summed E-state index contributed by atoms with van der Waals surface area (Å²) >= 11 is 0. The van der Waals surface area contributed by atoms with Crippen molar-refractivity contribution in [3.05, 3.63) is 47.5 Å². The fourth-order valence-electron chi connectivity index (χ4n) is 6.04. The van der Waals surface area contributed by atoms with Crippen LogP contribution in [0.15, 0.2) is 30.6 Å². The number of nitrogen functional groups attached to an aromatic ring is 1. The average molecular weight is 501 g/mol. The van der Waals surface area contributed by atoms with Crippen LogP contribution in [0.3, 0.4) is 0 Å². The minimum absolute atomic E-state index is 0.0225. The summed E-state index contributed by atoms with van der Waals surface area (Å²) in [5, 5.41) is 21.1. The maximum atomic E-state index is 12.7. The molecule has 4 N–H and O–H groups in total. The Bertz CT molecular complexity index is 1510. The van der Waals surface area contributed by atoms with Crippen molar-refractivity contribution in [1.82, 2.24) is 34.7 Å². The van der Waals surface area contributed by atoms with Crippen molar-refractivity contribution < 1.29 is 14.7 Å². The fourth-order valence-corrected chi connectivity index (χ4v) is 6.04. The van der Waals surface area contributed by atoms with Crippen molar-refractivity contribution in [2.75, 3.05) is 12.3 Å². The van der Waals surface area contributed by atoms with Crippen LogP contribution in [0.4, 0.5) is 5.82 Å². The smallest absolute Gasteiger partial charge is 0.248 e. The molecule has 11 nitrogen and oxygen atoms in total. The number of hydrogen-bond donors (Lipinski definition) is 3. The number of Topliss-reactive ketones (excluding diaryl/α,β-unsaturated/α-hetero) is 1. The van der Waals surface area contributed by atoms with Gasteiger partial charge >= 0.3 is 0 Å². The van der Waals surface area contributed by atoms with E-state index in [2.05, 4.69) is 20.3 Å². The number of ketones is 1. The number of nitrogens with zero attached hydrogens (tertiary/aromatic N) is 6. The number of rotatable bonds is 5. The molecule has 1 amide bonds. The summed E-state index contributed by atoms with van der Waals surface area (Å²) in [6, 6.07) is 5.82. The van der Waals surface area contributed by atoms with Crippen molar-refractivity contribution in [2.45, 2.75) is 57.5 Å². The highest BCUT2D eigenvalue weighted by atomic mass is 16.3. The highest BCUT2D eigenvalue weighted by Gasteiger charge is 2.44. The van der Waals surface area contributed by atoms with Gasteiger partial charge in [-0.15, -0.1) is 0 Å². The summed E-state index contributed by atoms with van der Waals surface area (Å²) in [4.78, 5) is 36.5. The van der Waals surface area contributed by atoms with Gasteiger partial charge in [0.05, 0.1) is 23.1 Å². The van der Waals surface area contributed by atoms with Crippen LogP contribution in [-0.4, -0.2) is 70.2 Å². The molecule has 2 aliphatic rings. The number of carbonyl (C=O) groups excluding carboxylic acids is 2. The van der Waals surface area contributed by atoms with Crippen LogP contribution in [0.5, 0.6) is 0 Å². The van der Waals surface area contributed by atoms with Crippen molar-refractivity contribution in [3.8, 4) is 22.5 Å². The number of anilines is 1. The summed E-state index contributed by atoms with van der Waals surface area (Å²) in [6.07, 6.45) is 6.55. The zero-order valence-corrected chi connectivity index (χ0v) is 20.7. The van der Waals surface area contributed by atoms with Crippen molar-refractivity contribution >= 4 is 23.2 Å². The first-order valence-corrected chi connectivity index (χ1v) is 12.4. The number of aromatic nitrogens is 6. The molecule has 0 saturated carbocycles. The summed E-state index contributed by atoms with van der Waals surface area (Å²) in [5.74, 6) is -0.172. The zero-order chi connectivity index (χ0) is 25.8. The molecule has 0 spiro atoms. The van der Waals surface area contributed by atoms with E-state index in [0.717, 1.165) is 41.1 Å². The number of aryl methyl sites for hydroxylation is 1. The Hall–Kier alpha value is -4.12. The first-order chi connectivity index (χ1) is 17.9. The number of hydrogen-bond acceptors (Lipinski definition) is 8. The summed E-state index contributed by atoms with van der Waals surface area (Å²) < 4.78 is 1.51. The number of fused-ring (bicyclic) bond motifs is 3. The molecule has 0 aromatic carbocycles. The Morgan fingerprint density at radius 2 is 1.92 bits per heavy atom. The normalized spacial score (nSPS) is 21.1. The number of aliphatic hydroxyl groups excluding tert-OH is 1. The van der Waals surface area contributed by atoms with E-state index < -0.39 is 6.61 Å². The van der Waals surface area contributed by atoms with Gasteiger partial charge in [0, 0.05) is 41.0 Å². The van der Waals surface area contributed by atoms with Gasteiger partial charge in [-0.3, -0.25) is 19.7 Å². The molecule has 11 heteroatoms. The van der Waals surface area contributed by atoms with Gasteiger partial charge in [0.2, 0.25) is 5.91 Å². The number of pyridine rings is 1. The Morgan fingerprint density at radius 3 is 2.51 bits per heavy atom. The second-order valence-corrected chi connectivity index (χ2v) is 9.99. The van der Waals surface area contributed by atoms with E-state index in [1.165, 1.54) is 11.4 Å². The number of amides is 1. The molecular weight excluding hydrogens is 472 g/mol. The van der Waals surface area contributed by atoms with Crippen LogP contribution >= 0.6 is 0 Å². The van der Waals surface area contributed by atoms with Gasteiger partial charge in [0.25, 0.3) is 0 Å². The molecule has 0 unspecified atom stereocenters. The van der Waals surface area contributed by atoms with Gasteiger partial charge < -0.3 is 15.7 Å². The maximum Gasteiger partial charge on any atom is 0.248 e. The van der Waals surface area contributed by atoms with E-state index in [4.69, 9.17) is 10.7 Å². The monoisotopic (exact) mass is 500 g/mol. The first-order valence-electron chi connectivity index (χ1n) is 12.4. The average Bonchev–Trinajstić information content (AvgIpc) is 3.59. The molecule has 2 fully saturated rings. The molecule has 4 aromatic rings. The van der Waals surface area contributed by atoms with Crippen LogP contribution in [-0.2, 0) is 4.79 Å². The van der Waals surface area contributed by atoms with Crippen molar-refractivity contribution in [2.24, 2.45) is 0 Å². The Labute approximate surface area is 212 Å². The number of aliphatic hydroxyl groups is 1. The lowest BCUT2D eigenvalue weighted by Crippen LogP contribution is -2.47. The van der Waals surface area contributed by atoms with E-state index in [1.807, 2.05) is 30.0 Å². The van der Waals surface area contributed by atoms with Gasteiger partial charge in [-0.25, -0.2) is 4.98 Å². The summed E-state index contributed by atoms with van der Waals surface area (Å²) in [5.41, 5.74) is 12.2. The molecular formula is C26H28N8O3. The SMILES string of the molecule is CC(=O)c1c([C@@H]2C[C@H]3CC[C@@H](C2)N3C(=O)CO)nc2c(-c3ccc(-c4cc(C)[nH]n4)nc3)cnn2c1N. The van der Waals surface area contributed by atoms with Crippen LogP contribution < -0.4 is 5.73 Å². The number of nitrogens with two attached hydrogens (primary N) is 1. The highest BCUT2D eigenvalue weighted by Crippen LogP contribution is 2.44. The minimum atomic E-state index is -0.487. The van der Waals surface area contributed by atoms with Crippen molar-refractivity contribution in [1.29, 1.82) is 0 Å². The molecule has 2 bridgehead atoms. The quantitative estimate of drug-likeness (QED) is 0.353. The third kappa shape index (κ3) is 3.77. The Morgan fingerprint density at radius 1 is 1.16 bits per heavy atom. The minimum Gasteiger partial charge on any atom is -0.387 e. The van der Waals surface area contributed by atoms with E-state index in [9.17, 15) is 14.7 Å². The highest BCUT2D eigenvalue weighted by molar-refractivity contribution is 6.00. The molecule has 3 atom stereocenters. The molecule has 0 aliphatic carbocycles. The van der Waals surface area contributed by atoms with Gasteiger partial charge in [0.1, 0.15) is 18.1 Å². The molecule has 4 aromatic heterocycles.